The van der Waals surface area contributed by atoms with Crippen LogP contribution in [0.3, 0.4) is 0 Å². The summed E-state index contributed by atoms with van der Waals surface area (Å²) in [6.45, 7) is 11.3. The van der Waals surface area contributed by atoms with Crippen molar-refractivity contribution in [3.8, 4) is 11.8 Å². The lowest BCUT2D eigenvalue weighted by Gasteiger charge is -2.55. The zero-order chi connectivity index (χ0) is 24.7. The second kappa shape index (κ2) is 8.66. The standard InChI is InChI=1S/C28H33N3O3/c1-19(2)22-7-9-23(10-8-22)28(33,26(4)17-31(6)18-26)24-14-21(15-29-16-24)11-12-27(5,32)25-13-20(3)30-34-25/h7-10,13-16,19,32-33H,17-18H2,1-6H3/t27?,28-/m0/s1. The SMILES string of the molecule is Cc1cc(C(C)(O)C#Cc2cncc([C@@](O)(c3ccc(C(C)C)cc3)C3(C)CN(C)C3)c2)on1. The summed E-state index contributed by atoms with van der Waals surface area (Å²) in [5.41, 5.74) is 0.885. The molecule has 6 heteroatoms. The van der Waals surface area contributed by atoms with Crippen LogP contribution in [0.15, 0.2) is 53.3 Å². The number of benzene rings is 1. The molecule has 0 saturated carbocycles. The van der Waals surface area contributed by atoms with Gasteiger partial charge in [-0.15, -0.1) is 0 Å². The van der Waals surface area contributed by atoms with Gasteiger partial charge in [0.15, 0.2) is 11.4 Å². The van der Waals surface area contributed by atoms with Gasteiger partial charge in [0, 0.05) is 48.1 Å². The maximum absolute atomic E-state index is 12.3. The summed E-state index contributed by atoms with van der Waals surface area (Å²) in [7, 11) is 2.05. The minimum Gasteiger partial charge on any atom is -0.380 e. The van der Waals surface area contributed by atoms with Gasteiger partial charge in [0.05, 0.1) is 5.69 Å². The first kappa shape index (κ1) is 24.2. The van der Waals surface area contributed by atoms with Crippen LogP contribution in [0.5, 0.6) is 0 Å². The quantitative estimate of drug-likeness (QED) is 0.562. The minimum atomic E-state index is -1.50. The number of hydrogen-bond donors (Lipinski definition) is 2. The van der Waals surface area contributed by atoms with E-state index in [1.165, 1.54) is 5.56 Å². The van der Waals surface area contributed by atoms with Crippen LogP contribution in [0.25, 0.3) is 0 Å². The molecule has 1 saturated heterocycles. The number of likely N-dealkylation sites (tertiary alicyclic amines) is 1. The van der Waals surface area contributed by atoms with Crippen LogP contribution >= 0.6 is 0 Å². The number of aryl methyl sites for hydroxylation is 1. The highest BCUT2D eigenvalue weighted by molar-refractivity contribution is 5.45. The fourth-order valence-electron chi connectivity index (χ4n) is 4.90. The van der Waals surface area contributed by atoms with Gasteiger partial charge < -0.3 is 19.6 Å². The molecule has 0 aliphatic carbocycles. The first-order chi connectivity index (χ1) is 15.9. The Balaban J connectivity index is 1.75. The van der Waals surface area contributed by atoms with E-state index in [-0.39, 0.29) is 5.76 Å². The molecule has 1 aliphatic heterocycles. The zero-order valence-electron chi connectivity index (χ0n) is 20.8. The molecule has 1 unspecified atom stereocenters. The third kappa shape index (κ3) is 4.27. The molecule has 1 aliphatic rings. The van der Waals surface area contributed by atoms with Gasteiger partial charge in [-0.3, -0.25) is 4.98 Å². The van der Waals surface area contributed by atoms with Crippen molar-refractivity contribution in [2.45, 2.75) is 51.7 Å². The molecule has 0 spiro atoms. The van der Waals surface area contributed by atoms with E-state index in [9.17, 15) is 10.2 Å². The van der Waals surface area contributed by atoms with Crippen molar-refractivity contribution in [1.29, 1.82) is 0 Å². The molecule has 4 rings (SSSR count). The predicted octanol–water partition coefficient (Wildman–Crippen LogP) is 3.95. The van der Waals surface area contributed by atoms with Crippen molar-refractivity contribution in [2.24, 2.45) is 5.41 Å². The lowest BCUT2D eigenvalue weighted by atomic mass is 9.62. The molecule has 2 atom stereocenters. The Morgan fingerprint density at radius 2 is 1.76 bits per heavy atom. The van der Waals surface area contributed by atoms with Crippen LogP contribution in [0.4, 0.5) is 0 Å². The van der Waals surface area contributed by atoms with Gasteiger partial charge in [-0.25, -0.2) is 0 Å². The summed E-state index contributed by atoms with van der Waals surface area (Å²) in [5.74, 6) is 6.56. The average molecular weight is 460 g/mol. The van der Waals surface area contributed by atoms with Gasteiger partial charge in [0.25, 0.3) is 0 Å². The summed E-state index contributed by atoms with van der Waals surface area (Å²) in [6.07, 6.45) is 3.35. The second-order valence-corrected chi connectivity index (χ2v) is 10.3. The number of rotatable bonds is 5. The molecule has 178 valence electrons. The Hall–Kier alpha value is -2.98. The first-order valence-electron chi connectivity index (χ1n) is 11.6. The van der Waals surface area contributed by atoms with Gasteiger partial charge in [-0.1, -0.05) is 62.0 Å². The van der Waals surface area contributed by atoms with Crippen molar-refractivity contribution in [1.82, 2.24) is 15.0 Å². The number of nitrogens with zero attached hydrogens (tertiary/aromatic N) is 3. The van der Waals surface area contributed by atoms with Gasteiger partial charge >= 0.3 is 0 Å². The summed E-state index contributed by atoms with van der Waals surface area (Å²) < 4.78 is 5.19. The number of aliphatic hydroxyl groups is 2. The maximum Gasteiger partial charge on any atom is 0.183 e. The monoisotopic (exact) mass is 459 g/mol. The number of aromatic nitrogens is 2. The molecular weight excluding hydrogens is 426 g/mol. The van der Waals surface area contributed by atoms with Crippen molar-refractivity contribution in [3.05, 3.63) is 82.5 Å². The molecule has 0 radical (unpaired) electrons. The molecule has 34 heavy (non-hydrogen) atoms. The predicted molar refractivity (Wildman–Crippen MR) is 131 cm³/mol. The van der Waals surface area contributed by atoms with Crippen molar-refractivity contribution < 1.29 is 14.7 Å². The highest BCUT2D eigenvalue weighted by atomic mass is 16.5. The van der Waals surface area contributed by atoms with Crippen molar-refractivity contribution in [3.63, 3.8) is 0 Å². The van der Waals surface area contributed by atoms with Crippen molar-refractivity contribution >= 4 is 0 Å². The lowest BCUT2D eigenvalue weighted by molar-refractivity contribution is -0.127. The fourth-order valence-corrected chi connectivity index (χ4v) is 4.90. The van der Waals surface area contributed by atoms with Gasteiger partial charge in [0.2, 0.25) is 0 Å². The summed E-state index contributed by atoms with van der Waals surface area (Å²) in [5, 5.41) is 26.9. The van der Waals surface area contributed by atoms with Gasteiger partial charge in [-0.2, -0.15) is 0 Å². The molecule has 6 nitrogen and oxygen atoms in total. The molecule has 3 aromatic rings. The highest BCUT2D eigenvalue weighted by Gasteiger charge is 2.55. The number of pyridine rings is 1. The van der Waals surface area contributed by atoms with Crippen LogP contribution in [-0.2, 0) is 11.2 Å². The molecule has 1 fully saturated rings. The van der Waals surface area contributed by atoms with E-state index < -0.39 is 16.6 Å². The second-order valence-electron chi connectivity index (χ2n) is 10.3. The minimum absolute atomic E-state index is 0.286. The molecule has 2 N–H and O–H groups in total. The van der Waals surface area contributed by atoms with Crippen LogP contribution in [0.2, 0.25) is 0 Å². The van der Waals surface area contributed by atoms with E-state index in [0.717, 1.165) is 18.7 Å². The third-order valence-corrected chi connectivity index (χ3v) is 6.82. The third-order valence-electron chi connectivity index (χ3n) is 6.82. The van der Waals surface area contributed by atoms with Crippen LogP contribution in [0, 0.1) is 24.2 Å². The maximum atomic E-state index is 12.3. The summed E-state index contributed by atoms with van der Waals surface area (Å²) in [6, 6.07) is 11.7. The summed E-state index contributed by atoms with van der Waals surface area (Å²) in [4.78, 5) is 6.59. The Labute approximate surface area is 201 Å². The Morgan fingerprint density at radius 3 is 2.32 bits per heavy atom. The van der Waals surface area contributed by atoms with E-state index in [1.807, 2.05) is 18.2 Å². The Bertz CT molecular complexity index is 1230. The molecular formula is C28H33N3O3. The number of hydrogen-bond acceptors (Lipinski definition) is 6. The van der Waals surface area contributed by atoms with E-state index in [2.05, 4.69) is 66.8 Å². The van der Waals surface area contributed by atoms with Crippen LogP contribution in [-0.4, -0.2) is 45.4 Å². The Kier molecular flexibility index (Phi) is 6.15. The molecule has 3 heterocycles. The Morgan fingerprint density at radius 1 is 1.09 bits per heavy atom. The first-order valence-corrected chi connectivity index (χ1v) is 11.6. The fraction of sp³-hybridized carbons (Fsp3) is 0.429. The molecule has 0 bridgehead atoms. The van der Waals surface area contributed by atoms with Crippen molar-refractivity contribution in [2.75, 3.05) is 20.1 Å². The molecule has 0 amide bonds. The smallest absolute Gasteiger partial charge is 0.183 e. The normalized spacial score (nSPS) is 19.0. The molecule has 1 aromatic carbocycles. The van der Waals surface area contributed by atoms with Gasteiger partial charge in [-0.05, 0) is 44.0 Å². The zero-order valence-corrected chi connectivity index (χ0v) is 20.8. The topological polar surface area (TPSA) is 82.6 Å². The van der Waals surface area contributed by atoms with Crippen LogP contribution in [0.1, 0.15) is 67.3 Å². The van der Waals surface area contributed by atoms with E-state index >= 15 is 0 Å². The van der Waals surface area contributed by atoms with E-state index in [1.54, 1.807) is 32.3 Å². The average Bonchev–Trinajstić information content (AvgIpc) is 3.24. The summed E-state index contributed by atoms with van der Waals surface area (Å²) >= 11 is 0. The van der Waals surface area contributed by atoms with Gasteiger partial charge in [0.1, 0.15) is 5.60 Å². The highest BCUT2D eigenvalue weighted by Crippen LogP contribution is 2.50. The molecule has 2 aromatic heterocycles. The lowest BCUT2D eigenvalue weighted by Crippen LogP contribution is -2.63. The van der Waals surface area contributed by atoms with Crippen LogP contribution < -0.4 is 0 Å². The van der Waals surface area contributed by atoms with E-state index in [4.69, 9.17) is 4.52 Å². The van der Waals surface area contributed by atoms with E-state index in [0.29, 0.717) is 22.7 Å². The largest absolute Gasteiger partial charge is 0.380 e.